The van der Waals surface area contributed by atoms with Gasteiger partial charge in [0.15, 0.2) is 5.03 Å². The Hall–Kier alpha value is -2.56. The molecule has 6 nitrogen and oxygen atoms in total. The van der Waals surface area contributed by atoms with E-state index in [0.717, 1.165) is 17.7 Å². The average molecular weight is 485 g/mol. The van der Waals surface area contributed by atoms with Gasteiger partial charge in [-0.1, -0.05) is 35.9 Å². The molecule has 1 fully saturated rings. The molecular weight excluding hydrogens is 465 g/mol. The van der Waals surface area contributed by atoms with Crippen LogP contribution in [0.4, 0.5) is 18.9 Å². The predicted molar refractivity (Wildman–Crippen MR) is 115 cm³/mol. The number of rotatable bonds is 5. The molecule has 2 heterocycles. The molecule has 0 radical (unpaired) electrons. The smallest absolute Gasteiger partial charge is 0.380 e. The summed E-state index contributed by atoms with van der Waals surface area (Å²) in [5.41, 5.74) is 0.184. The Morgan fingerprint density at radius 2 is 1.88 bits per heavy atom. The van der Waals surface area contributed by atoms with Gasteiger partial charge in [-0.15, -0.1) is 0 Å². The van der Waals surface area contributed by atoms with Gasteiger partial charge in [0.25, 0.3) is 10.0 Å². The van der Waals surface area contributed by atoms with Gasteiger partial charge in [0, 0.05) is 49.0 Å². The van der Waals surface area contributed by atoms with E-state index in [1.807, 2.05) is 0 Å². The predicted octanol–water partition coefficient (Wildman–Crippen LogP) is 4.36. The van der Waals surface area contributed by atoms with Gasteiger partial charge >= 0.3 is 6.18 Å². The van der Waals surface area contributed by atoms with Gasteiger partial charge in [-0.2, -0.15) is 17.5 Å². The zero-order chi connectivity index (χ0) is 23.1. The lowest BCUT2D eigenvalue weighted by Crippen LogP contribution is -2.32. The first-order valence-electron chi connectivity index (χ1n) is 9.72. The van der Waals surface area contributed by atoms with Crippen molar-refractivity contribution in [2.45, 2.75) is 23.2 Å². The molecule has 1 aromatic heterocycles. The lowest BCUT2D eigenvalue weighted by Gasteiger charge is -2.22. The molecule has 32 heavy (non-hydrogen) atoms. The van der Waals surface area contributed by atoms with Crippen molar-refractivity contribution in [3.05, 3.63) is 77.2 Å². The standard InChI is InChI=1S/C21H20ClF3N4O2S/c1-28-12-20(26-13-28)32(30,31)29-10-17(16-7-2-3-8-18(16)22)19(11-29)27-15-6-4-5-14(9-15)21(23,24)25/h2-9,12-13,17,19,27H,10-11H2,1H3. The fourth-order valence-corrected chi connectivity index (χ4v) is 5.59. The average Bonchev–Trinajstić information content (AvgIpc) is 3.35. The monoisotopic (exact) mass is 484 g/mol. The quantitative estimate of drug-likeness (QED) is 0.584. The number of alkyl halides is 3. The van der Waals surface area contributed by atoms with Crippen LogP contribution in [0.3, 0.4) is 0 Å². The van der Waals surface area contributed by atoms with Gasteiger partial charge in [0.2, 0.25) is 0 Å². The van der Waals surface area contributed by atoms with Crippen LogP contribution in [0.5, 0.6) is 0 Å². The van der Waals surface area contributed by atoms with Crippen molar-refractivity contribution in [3.63, 3.8) is 0 Å². The third kappa shape index (κ3) is 4.48. The van der Waals surface area contributed by atoms with Gasteiger partial charge in [-0.05, 0) is 29.8 Å². The summed E-state index contributed by atoms with van der Waals surface area (Å²) >= 11 is 6.38. The van der Waals surface area contributed by atoms with Crippen molar-refractivity contribution in [2.24, 2.45) is 7.05 Å². The number of halogens is 4. The molecule has 0 amide bonds. The second-order valence-electron chi connectivity index (χ2n) is 7.66. The Balaban J connectivity index is 1.68. The second-order valence-corrected chi connectivity index (χ2v) is 9.95. The van der Waals surface area contributed by atoms with Crippen LogP contribution < -0.4 is 5.32 Å². The summed E-state index contributed by atoms with van der Waals surface area (Å²) in [4.78, 5) is 3.96. The maximum atomic E-state index is 13.1. The highest BCUT2D eigenvalue weighted by molar-refractivity contribution is 7.89. The number of hydrogen-bond donors (Lipinski definition) is 1. The normalized spacial score (nSPS) is 19.9. The SMILES string of the molecule is Cn1cnc(S(=O)(=O)N2CC(Nc3cccc(C(F)(F)F)c3)C(c3ccccc3Cl)C2)c1. The lowest BCUT2D eigenvalue weighted by molar-refractivity contribution is -0.137. The Morgan fingerprint density at radius 1 is 1.12 bits per heavy atom. The minimum Gasteiger partial charge on any atom is -0.380 e. The molecular formula is C21H20ClF3N4O2S. The van der Waals surface area contributed by atoms with E-state index in [-0.39, 0.29) is 29.7 Å². The summed E-state index contributed by atoms with van der Waals surface area (Å²) in [7, 11) is -2.22. The summed E-state index contributed by atoms with van der Waals surface area (Å²) in [6, 6.07) is 11.4. The van der Waals surface area contributed by atoms with Crippen LogP contribution in [0.1, 0.15) is 17.0 Å². The first kappa shape index (κ1) is 22.6. The maximum absolute atomic E-state index is 13.1. The first-order valence-corrected chi connectivity index (χ1v) is 11.5. The summed E-state index contributed by atoms with van der Waals surface area (Å²) in [6.45, 7) is 0.157. The molecule has 0 spiro atoms. The molecule has 1 aliphatic heterocycles. The van der Waals surface area contributed by atoms with E-state index in [1.54, 1.807) is 31.3 Å². The molecule has 0 aliphatic carbocycles. The Kier molecular flexibility index (Phi) is 5.95. The fraction of sp³-hybridized carbons (Fsp3) is 0.286. The Labute approximate surface area is 188 Å². The van der Waals surface area contributed by atoms with Crippen LogP contribution in [0, 0.1) is 0 Å². The molecule has 1 aliphatic rings. The number of aryl methyl sites for hydroxylation is 1. The maximum Gasteiger partial charge on any atom is 0.416 e. The number of benzene rings is 2. The number of aromatic nitrogens is 2. The number of imidazole rings is 1. The van der Waals surface area contributed by atoms with E-state index < -0.39 is 27.8 Å². The van der Waals surface area contributed by atoms with E-state index in [0.29, 0.717) is 5.02 Å². The molecule has 3 aromatic rings. The van der Waals surface area contributed by atoms with Crippen molar-refractivity contribution in [1.29, 1.82) is 0 Å². The molecule has 0 bridgehead atoms. The van der Waals surface area contributed by atoms with E-state index >= 15 is 0 Å². The highest BCUT2D eigenvalue weighted by atomic mass is 35.5. The first-order chi connectivity index (χ1) is 15.1. The summed E-state index contributed by atoms with van der Waals surface area (Å²) in [5, 5.41) is 3.48. The molecule has 2 unspecified atom stereocenters. The van der Waals surface area contributed by atoms with Crippen LogP contribution in [-0.2, 0) is 23.2 Å². The van der Waals surface area contributed by atoms with E-state index in [4.69, 9.17) is 11.6 Å². The number of anilines is 1. The highest BCUT2D eigenvalue weighted by Gasteiger charge is 2.42. The van der Waals surface area contributed by atoms with Gasteiger partial charge in [0.05, 0.1) is 11.9 Å². The summed E-state index contributed by atoms with van der Waals surface area (Å²) in [6.07, 6.45) is -1.68. The zero-order valence-electron chi connectivity index (χ0n) is 16.9. The minimum atomic E-state index is -4.48. The van der Waals surface area contributed by atoms with Gasteiger partial charge < -0.3 is 9.88 Å². The molecule has 1 N–H and O–H groups in total. The topological polar surface area (TPSA) is 67.2 Å². The van der Waals surface area contributed by atoms with Crippen LogP contribution in [-0.4, -0.2) is 41.4 Å². The van der Waals surface area contributed by atoms with Crippen molar-refractivity contribution in [1.82, 2.24) is 13.9 Å². The zero-order valence-corrected chi connectivity index (χ0v) is 18.5. The van der Waals surface area contributed by atoms with Crippen molar-refractivity contribution in [2.75, 3.05) is 18.4 Å². The Morgan fingerprint density at radius 3 is 2.53 bits per heavy atom. The lowest BCUT2D eigenvalue weighted by atomic mass is 9.94. The van der Waals surface area contributed by atoms with Crippen LogP contribution in [0.15, 0.2) is 66.1 Å². The minimum absolute atomic E-state index is 0.0467. The van der Waals surface area contributed by atoms with Crippen molar-refractivity contribution < 1.29 is 21.6 Å². The van der Waals surface area contributed by atoms with Crippen LogP contribution >= 0.6 is 11.6 Å². The highest BCUT2D eigenvalue weighted by Crippen LogP contribution is 2.37. The third-order valence-corrected chi connectivity index (χ3v) is 7.48. The molecule has 11 heteroatoms. The second kappa shape index (κ2) is 8.42. The largest absolute Gasteiger partial charge is 0.416 e. The molecule has 1 saturated heterocycles. The Bertz CT molecular complexity index is 1230. The van der Waals surface area contributed by atoms with Crippen molar-refractivity contribution in [3.8, 4) is 0 Å². The molecule has 2 aromatic carbocycles. The van der Waals surface area contributed by atoms with E-state index in [9.17, 15) is 21.6 Å². The summed E-state index contributed by atoms with van der Waals surface area (Å²) < 4.78 is 68.5. The molecule has 4 rings (SSSR count). The van der Waals surface area contributed by atoms with Gasteiger partial charge in [-0.25, -0.2) is 13.4 Å². The van der Waals surface area contributed by atoms with Crippen molar-refractivity contribution >= 4 is 27.3 Å². The number of sulfonamides is 1. The number of hydrogen-bond acceptors (Lipinski definition) is 4. The number of nitrogens with zero attached hydrogens (tertiary/aromatic N) is 3. The fourth-order valence-electron chi connectivity index (χ4n) is 3.85. The van der Waals surface area contributed by atoms with Gasteiger partial charge in [0.1, 0.15) is 0 Å². The molecule has 0 saturated carbocycles. The molecule has 2 atom stereocenters. The third-order valence-electron chi connectivity index (χ3n) is 5.42. The van der Waals surface area contributed by atoms with Crippen LogP contribution in [0.25, 0.3) is 0 Å². The van der Waals surface area contributed by atoms with E-state index in [2.05, 4.69) is 10.3 Å². The van der Waals surface area contributed by atoms with Crippen LogP contribution in [0.2, 0.25) is 5.02 Å². The number of nitrogens with one attached hydrogen (secondary N) is 1. The van der Waals surface area contributed by atoms with E-state index in [1.165, 1.54) is 33.5 Å². The summed E-state index contributed by atoms with van der Waals surface area (Å²) in [5.74, 6) is -0.378. The molecule has 170 valence electrons. The van der Waals surface area contributed by atoms with Gasteiger partial charge in [-0.3, -0.25) is 0 Å².